The summed E-state index contributed by atoms with van der Waals surface area (Å²) in [5.41, 5.74) is 2.57. The summed E-state index contributed by atoms with van der Waals surface area (Å²) >= 11 is 1.47. The van der Waals surface area contributed by atoms with Gasteiger partial charge in [-0.15, -0.1) is 0 Å². The molecule has 16 nitrogen and oxygen atoms in total. The molecule has 2 aromatic carbocycles. The minimum absolute atomic E-state index is 0.122. The van der Waals surface area contributed by atoms with Gasteiger partial charge < -0.3 is 40.2 Å². The number of aromatic amines is 1. The minimum atomic E-state index is -1.03. The molecule has 2 aliphatic rings. The summed E-state index contributed by atoms with van der Waals surface area (Å²) in [5.74, 6) is 0.0438. The highest BCUT2D eigenvalue weighted by Gasteiger charge is 2.40. The number of thiazole rings is 1. The first-order valence-corrected chi connectivity index (χ1v) is 21.0. The number of benzene rings is 2. The number of rotatable bonds is 11. The third-order valence-corrected chi connectivity index (χ3v) is 11.7. The van der Waals surface area contributed by atoms with Crippen LogP contribution in [0, 0.1) is 5.92 Å². The number of H-pyrrole nitrogens is 1. The first-order chi connectivity index (χ1) is 28.7. The number of aromatic nitrogens is 4. The number of nitrogens with zero attached hydrogens (tertiary/aromatic N) is 5. The van der Waals surface area contributed by atoms with Crippen LogP contribution < -0.4 is 16.0 Å². The molecule has 2 saturated heterocycles. The Labute approximate surface area is 352 Å². The SMILES string of the molecule is COC(=O)N[C@@H](C(=O)N1CCC[C@H]1c1ncc(-c2ccc(-c3cn4cc(NC(=O)[C@@H]5CCCN5C(=O)[C@@H](NC(=O)OC(C)(C)C)c5ccccc5)nc4s3)cc2)[nH]1)C(C)C. The molecule has 5 heterocycles. The number of hydrogen-bond donors (Lipinski definition) is 4. The summed E-state index contributed by atoms with van der Waals surface area (Å²) < 4.78 is 12.1. The zero-order valence-electron chi connectivity index (χ0n) is 34.6. The number of ether oxygens (including phenoxy) is 2. The first kappa shape index (κ1) is 41.9. The smallest absolute Gasteiger partial charge is 0.408 e. The maximum atomic E-state index is 14.0. The largest absolute Gasteiger partial charge is 0.453 e. The molecule has 0 spiro atoms. The van der Waals surface area contributed by atoms with E-state index in [4.69, 9.17) is 9.47 Å². The Kier molecular flexibility index (Phi) is 12.3. The molecule has 2 aliphatic heterocycles. The van der Waals surface area contributed by atoms with E-state index in [0.29, 0.717) is 48.1 Å². The molecule has 5 amide bonds. The van der Waals surface area contributed by atoms with Gasteiger partial charge in [-0.2, -0.15) is 0 Å². The Morgan fingerprint density at radius 1 is 0.867 bits per heavy atom. The average Bonchev–Trinajstić information content (AvgIpc) is 4.07. The lowest BCUT2D eigenvalue weighted by atomic mass is 10.0. The number of imidazole rings is 2. The third kappa shape index (κ3) is 9.30. The fourth-order valence-electron chi connectivity index (χ4n) is 7.69. The molecule has 0 radical (unpaired) electrons. The summed E-state index contributed by atoms with van der Waals surface area (Å²) in [5, 5.41) is 8.31. The van der Waals surface area contributed by atoms with Crippen LogP contribution in [0.25, 0.3) is 26.7 Å². The van der Waals surface area contributed by atoms with E-state index in [2.05, 4.69) is 30.9 Å². The zero-order chi connectivity index (χ0) is 42.7. The molecular formula is C43H51N9O7S. The van der Waals surface area contributed by atoms with Gasteiger partial charge in [0, 0.05) is 19.3 Å². The Balaban J connectivity index is 0.991. The maximum Gasteiger partial charge on any atom is 0.408 e. The highest BCUT2D eigenvalue weighted by molar-refractivity contribution is 7.20. The number of nitrogens with one attached hydrogen (secondary N) is 4. The second-order valence-corrected chi connectivity index (χ2v) is 17.4. The molecule has 5 aromatic rings. The van der Waals surface area contributed by atoms with Crippen molar-refractivity contribution < 1.29 is 33.4 Å². The molecule has 17 heteroatoms. The van der Waals surface area contributed by atoms with E-state index < -0.39 is 41.8 Å². The normalized spacial score (nSPS) is 17.7. The second-order valence-electron chi connectivity index (χ2n) is 16.4. The molecule has 316 valence electrons. The summed E-state index contributed by atoms with van der Waals surface area (Å²) in [6.45, 7) is 9.97. The summed E-state index contributed by atoms with van der Waals surface area (Å²) in [4.78, 5) is 83.6. The molecule has 0 aliphatic carbocycles. The molecular weight excluding hydrogens is 787 g/mol. The Morgan fingerprint density at radius 2 is 1.57 bits per heavy atom. The van der Waals surface area contributed by atoms with Crippen molar-refractivity contribution in [3.05, 3.63) is 84.6 Å². The zero-order valence-corrected chi connectivity index (χ0v) is 35.4. The van der Waals surface area contributed by atoms with Crippen molar-refractivity contribution in [2.75, 3.05) is 25.5 Å². The average molecular weight is 838 g/mol. The van der Waals surface area contributed by atoms with E-state index in [1.807, 2.05) is 54.8 Å². The minimum Gasteiger partial charge on any atom is -0.453 e. The lowest BCUT2D eigenvalue weighted by Crippen LogP contribution is -2.51. The molecule has 0 saturated carbocycles. The molecule has 0 unspecified atom stereocenters. The topological polar surface area (TPSA) is 192 Å². The molecule has 7 rings (SSSR count). The van der Waals surface area contributed by atoms with Crippen LogP contribution in [0.2, 0.25) is 0 Å². The lowest BCUT2D eigenvalue weighted by Gasteiger charge is -2.30. The van der Waals surface area contributed by atoms with E-state index in [1.165, 1.54) is 23.3 Å². The van der Waals surface area contributed by atoms with Gasteiger partial charge in [-0.3, -0.25) is 18.8 Å². The van der Waals surface area contributed by atoms with Crippen LogP contribution in [0.5, 0.6) is 0 Å². The van der Waals surface area contributed by atoms with Crippen LogP contribution in [0.15, 0.2) is 73.2 Å². The van der Waals surface area contributed by atoms with Crippen LogP contribution >= 0.6 is 11.3 Å². The number of carbonyl (C=O) groups excluding carboxylic acids is 5. The number of fused-ring (bicyclic) bond motifs is 1. The van der Waals surface area contributed by atoms with Gasteiger partial charge >= 0.3 is 12.2 Å². The first-order valence-electron chi connectivity index (χ1n) is 20.1. The highest BCUT2D eigenvalue weighted by Crippen LogP contribution is 2.35. The van der Waals surface area contributed by atoms with Gasteiger partial charge in [0.05, 0.1) is 36.1 Å². The van der Waals surface area contributed by atoms with Crippen molar-refractivity contribution in [2.45, 2.75) is 90.1 Å². The van der Waals surface area contributed by atoms with Crippen molar-refractivity contribution in [2.24, 2.45) is 5.92 Å². The molecule has 4 atom stereocenters. The van der Waals surface area contributed by atoms with Gasteiger partial charge in [0.15, 0.2) is 10.8 Å². The number of methoxy groups -OCH3 is 1. The van der Waals surface area contributed by atoms with Crippen molar-refractivity contribution in [1.82, 2.24) is 39.8 Å². The Morgan fingerprint density at radius 3 is 2.25 bits per heavy atom. The van der Waals surface area contributed by atoms with E-state index in [9.17, 15) is 24.0 Å². The van der Waals surface area contributed by atoms with Crippen LogP contribution in [0.3, 0.4) is 0 Å². The molecule has 0 bridgehead atoms. The van der Waals surface area contributed by atoms with Crippen LogP contribution in [0.4, 0.5) is 15.4 Å². The fourth-order valence-corrected chi connectivity index (χ4v) is 8.66. The molecule has 4 N–H and O–H groups in total. The van der Waals surface area contributed by atoms with Crippen molar-refractivity contribution in [3.63, 3.8) is 0 Å². The van der Waals surface area contributed by atoms with E-state index in [0.717, 1.165) is 34.5 Å². The number of anilines is 1. The quantitative estimate of drug-likeness (QED) is 0.112. The van der Waals surface area contributed by atoms with Crippen molar-refractivity contribution in [1.29, 1.82) is 0 Å². The van der Waals surface area contributed by atoms with Crippen molar-refractivity contribution >= 4 is 52.0 Å². The lowest BCUT2D eigenvalue weighted by molar-refractivity contribution is -0.138. The van der Waals surface area contributed by atoms with Gasteiger partial charge in [0.25, 0.3) is 5.91 Å². The van der Waals surface area contributed by atoms with Crippen molar-refractivity contribution in [3.8, 4) is 21.7 Å². The predicted molar refractivity (Wildman–Crippen MR) is 226 cm³/mol. The van der Waals surface area contributed by atoms with Gasteiger partial charge in [0.2, 0.25) is 11.8 Å². The van der Waals surface area contributed by atoms with E-state index >= 15 is 0 Å². The van der Waals surface area contributed by atoms with Gasteiger partial charge in [-0.05, 0) is 69.1 Å². The molecule has 2 fully saturated rings. The predicted octanol–water partition coefficient (Wildman–Crippen LogP) is 6.69. The van der Waals surface area contributed by atoms with E-state index in [1.54, 1.807) is 62.3 Å². The number of amides is 5. The summed E-state index contributed by atoms with van der Waals surface area (Å²) in [7, 11) is 1.28. The molecule has 3 aromatic heterocycles. The number of hydrogen-bond acceptors (Lipinski definition) is 10. The number of likely N-dealkylation sites (tertiary alicyclic amines) is 2. The van der Waals surface area contributed by atoms with Gasteiger partial charge in [-0.25, -0.2) is 19.6 Å². The van der Waals surface area contributed by atoms with Crippen LogP contribution in [0.1, 0.15) is 83.8 Å². The Bertz CT molecular complexity index is 2320. The molecule has 60 heavy (non-hydrogen) atoms. The van der Waals surface area contributed by atoms with E-state index in [-0.39, 0.29) is 23.8 Å². The standard InChI is InChI=1S/C43H51N9O7S/c1-25(2)34(48-41(56)58-6)38(54)51-20-10-14-30(51)36-44-22-29(45-36)26-16-18-27(19-17-26)32-23-50-24-33(47-40(50)60-32)46-37(53)31-15-11-21-52(31)39(55)35(28-12-8-7-9-13-28)49-42(57)59-43(3,4)5/h7-9,12-13,16-19,22-25,30-31,34-35H,10-11,14-15,20-21H2,1-6H3,(H,44,45)(H,46,53)(H,48,56)(H,49,57)/t30-,31-,34+,35-/m0/s1. The maximum absolute atomic E-state index is 14.0. The van der Waals surface area contributed by atoms with Crippen LogP contribution in [-0.2, 0) is 23.9 Å². The Hall–Kier alpha value is -6.23. The van der Waals surface area contributed by atoms with Crippen LogP contribution in [-0.4, -0.2) is 96.9 Å². The summed E-state index contributed by atoms with van der Waals surface area (Å²) in [6.07, 6.45) is 6.81. The fraction of sp³-hybridized carbons (Fsp3) is 0.419. The van der Waals surface area contributed by atoms with Gasteiger partial charge in [0.1, 0.15) is 29.6 Å². The third-order valence-electron chi connectivity index (χ3n) is 10.6. The van der Waals surface area contributed by atoms with Gasteiger partial charge in [-0.1, -0.05) is 79.8 Å². The summed E-state index contributed by atoms with van der Waals surface area (Å²) in [6, 6.07) is 14.3. The second kappa shape index (κ2) is 17.6. The monoisotopic (exact) mass is 837 g/mol. The number of carbonyl (C=O) groups is 5. The number of alkyl carbamates (subject to hydrolysis) is 2. The highest BCUT2D eigenvalue weighted by atomic mass is 32.1.